The molecule has 3 rings (SSSR count). The van der Waals surface area contributed by atoms with E-state index in [1.165, 1.54) is 0 Å². The first kappa shape index (κ1) is 18.1. The number of carboxylic acids is 1. The summed E-state index contributed by atoms with van der Waals surface area (Å²) in [5.74, 6) is -0.580. The number of hydrogen-bond donors (Lipinski definition) is 1. The van der Waals surface area contributed by atoms with Crippen molar-refractivity contribution in [1.82, 2.24) is 9.55 Å². The van der Waals surface area contributed by atoms with Gasteiger partial charge in [0.1, 0.15) is 5.75 Å². The lowest BCUT2D eigenvalue weighted by atomic mass is 10.1. The number of carbonyl (C=O) groups excluding carboxylic acids is 1. The molecule has 0 aliphatic carbocycles. The van der Waals surface area contributed by atoms with Crippen LogP contribution in [0.3, 0.4) is 0 Å². The van der Waals surface area contributed by atoms with Gasteiger partial charge in [0.15, 0.2) is 6.61 Å². The largest absolute Gasteiger partial charge is 0.482 e. The van der Waals surface area contributed by atoms with Crippen molar-refractivity contribution >= 4 is 17.8 Å². The molecule has 0 fully saturated rings. The molecule has 0 atom stereocenters. The van der Waals surface area contributed by atoms with Crippen molar-refractivity contribution in [1.29, 1.82) is 0 Å². The summed E-state index contributed by atoms with van der Waals surface area (Å²) < 4.78 is 7.04. The first-order valence-electron chi connectivity index (χ1n) is 8.34. The Balaban J connectivity index is 1.68. The Morgan fingerprint density at radius 2 is 1.93 bits per heavy atom. The highest BCUT2D eigenvalue weighted by Crippen LogP contribution is 2.15. The zero-order valence-corrected chi connectivity index (χ0v) is 14.5. The lowest BCUT2D eigenvalue weighted by Crippen LogP contribution is -2.09. The first-order chi connectivity index (χ1) is 13.1. The van der Waals surface area contributed by atoms with Crippen molar-refractivity contribution in [3.05, 3.63) is 90.0 Å². The smallest absolute Gasteiger partial charge is 0.341 e. The van der Waals surface area contributed by atoms with E-state index < -0.39 is 5.97 Å². The monoisotopic (exact) mass is 362 g/mol. The van der Waals surface area contributed by atoms with Gasteiger partial charge in [0.25, 0.3) is 0 Å². The molecular formula is C21H18N2O4. The van der Waals surface area contributed by atoms with Crippen molar-refractivity contribution in [3.8, 4) is 5.75 Å². The van der Waals surface area contributed by atoms with Crippen LogP contribution in [0.5, 0.6) is 5.75 Å². The summed E-state index contributed by atoms with van der Waals surface area (Å²) in [5.41, 5.74) is 2.08. The summed E-state index contributed by atoms with van der Waals surface area (Å²) in [4.78, 5) is 27.1. The van der Waals surface area contributed by atoms with Crippen LogP contribution in [0.15, 0.2) is 73.2 Å². The van der Waals surface area contributed by atoms with Crippen LogP contribution in [-0.2, 0) is 11.3 Å². The van der Waals surface area contributed by atoms with Gasteiger partial charge in [-0.25, -0.2) is 4.79 Å². The molecule has 0 saturated carbocycles. The van der Waals surface area contributed by atoms with Crippen LogP contribution >= 0.6 is 0 Å². The number of aliphatic carboxylic acids is 1. The predicted octanol–water partition coefficient (Wildman–Crippen LogP) is 3.29. The van der Waals surface area contributed by atoms with Gasteiger partial charge in [-0.15, -0.1) is 0 Å². The van der Waals surface area contributed by atoms with Crippen LogP contribution in [-0.4, -0.2) is 33.0 Å². The third kappa shape index (κ3) is 4.92. The molecule has 0 radical (unpaired) electrons. The molecule has 0 unspecified atom stereocenters. The van der Waals surface area contributed by atoms with Crippen molar-refractivity contribution in [3.63, 3.8) is 0 Å². The molecule has 0 amide bonds. The Labute approximate surface area is 156 Å². The molecule has 3 aromatic rings. The first-order valence-corrected chi connectivity index (χ1v) is 8.34. The van der Waals surface area contributed by atoms with E-state index in [9.17, 15) is 9.59 Å². The van der Waals surface area contributed by atoms with Gasteiger partial charge in [-0.1, -0.05) is 24.3 Å². The van der Waals surface area contributed by atoms with Crippen molar-refractivity contribution in [2.24, 2.45) is 0 Å². The van der Waals surface area contributed by atoms with Crippen molar-refractivity contribution in [2.45, 2.75) is 6.54 Å². The SMILES string of the molecule is O=C(O)COc1cccc(C=CCn2cccc2C(=O)c2ccncc2)c1. The second-order valence-corrected chi connectivity index (χ2v) is 5.77. The third-order valence-electron chi connectivity index (χ3n) is 3.84. The molecule has 6 nitrogen and oxygen atoms in total. The van der Waals surface area contributed by atoms with Gasteiger partial charge in [-0.3, -0.25) is 9.78 Å². The number of hydrogen-bond acceptors (Lipinski definition) is 4. The minimum atomic E-state index is -1.02. The minimum absolute atomic E-state index is 0.0557. The van der Waals surface area contributed by atoms with E-state index in [0.29, 0.717) is 23.6 Å². The molecule has 1 aromatic carbocycles. The number of carbonyl (C=O) groups is 2. The highest BCUT2D eigenvalue weighted by atomic mass is 16.5. The maximum Gasteiger partial charge on any atom is 0.341 e. The average molecular weight is 362 g/mol. The molecule has 2 heterocycles. The van der Waals surface area contributed by atoms with Crippen molar-refractivity contribution < 1.29 is 19.4 Å². The number of aromatic nitrogens is 2. The molecule has 1 N–H and O–H groups in total. The number of rotatable bonds is 8. The van der Waals surface area contributed by atoms with Gasteiger partial charge in [0.2, 0.25) is 5.78 Å². The zero-order valence-electron chi connectivity index (χ0n) is 14.5. The number of carboxylic acid groups (broad SMARTS) is 1. The van der Waals surface area contributed by atoms with E-state index in [2.05, 4.69) is 4.98 Å². The van der Waals surface area contributed by atoms with Crippen LogP contribution in [0.2, 0.25) is 0 Å². The summed E-state index contributed by atoms with van der Waals surface area (Å²) in [5, 5.41) is 8.67. The van der Waals surface area contributed by atoms with Gasteiger partial charge >= 0.3 is 5.97 Å². The fourth-order valence-corrected chi connectivity index (χ4v) is 2.59. The Kier molecular flexibility index (Phi) is 5.79. The Morgan fingerprint density at radius 3 is 2.70 bits per heavy atom. The van der Waals surface area contributed by atoms with E-state index in [1.54, 1.807) is 48.8 Å². The fourth-order valence-electron chi connectivity index (χ4n) is 2.59. The van der Waals surface area contributed by atoms with E-state index in [0.717, 1.165) is 5.56 Å². The molecule has 0 aliphatic rings. The molecule has 136 valence electrons. The average Bonchev–Trinajstić information content (AvgIpc) is 3.15. The second kappa shape index (κ2) is 8.62. The van der Waals surface area contributed by atoms with Gasteiger partial charge in [0.05, 0.1) is 5.69 Å². The maximum absolute atomic E-state index is 12.6. The predicted molar refractivity (Wildman–Crippen MR) is 101 cm³/mol. The zero-order chi connectivity index (χ0) is 19.1. The van der Waals surface area contributed by atoms with Crippen LogP contribution in [0.1, 0.15) is 21.6 Å². The molecule has 0 bridgehead atoms. The highest BCUT2D eigenvalue weighted by Gasteiger charge is 2.12. The highest BCUT2D eigenvalue weighted by molar-refractivity contribution is 6.07. The number of ether oxygens (including phenoxy) is 1. The molecule has 27 heavy (non-hydrogen) atoms. The summed E-state index contributed by atoms with van der Waals surface area (Å²) >= 11 is 0. The Bertz CT molecular complexity index is 961. The Morgan fingerprint density at radius 1 is 1.11 bits per heavy atom. The lowest BCUT2D eigenvalue weighted by molar-refractivity contribution is -0.139. The lowest BCUT2D eigenvalue weighted by Gasteiger charge is -2.06. The molecule has 2 aromatic heterocycles. The van der Waals surface area contributed by atoms with Crippen LogP contribution < -0.4 is 4.74 Å². The van der Waals surface area contributed by atoms with E-state index in [1.807, 2.05) is 35.0 Å². The summed E-state index contributed by atoms with van der Waals surface area (Å²) in [6.45, 7) is 0.149. The number of allylic oxidation sites excluding steroid dienone is 1. The van der Waals surface area contributed by atoms with E-state index in [4.69, 9.17) is 9.84 Å². The fraction of sp³-hybridized carbons (Fsp3) is 0.0952. The van der Waals surface area contributed by atoms with E-state index >= 15 is 0 Å². The number of nitrogens with zero attached hydrogens (tertiary/aromatic N) is 2. The van der Waals surface area contributed by atoms with Gasteiger partial charge in [-0.2, -0.15) is 0 Å². The normalized spacial score (nSPS) is 10.8. The van der Waals surface area contributed by atoms with Gasteiger partial charge in [-0.05, 0) is 42.0 Å². The van der Waals surface area contributed by atoms with Gasteiger partial charge in [0, 0.05) is 30.7 Å². The second-order valence-electron chi connectivity index (χ2n) is 5.77. The quantitative estimate of drug-likeness (QED) is 0.622. The van der Waals surface area contributed by atoms with Crippen LogP contribution in [0, 0.1) is 0 Å². The molecule has 0 spiro atoms. The number of pyridine rings is 1. The van der Waals surface area contributed by atoms with Crippen LogP contribution in [0.4, 0.5) is 0 Å². The molecular weight excluding hydrogens is 344 g/mol. The van der Waals surface area contributed by atoms with Crippen molar-refractivity contribution in [2.75, 3.05) is 6.61 Å². The summed E-state index contributed by atoms with van der Waals surface area (Å²) in [7, 11) is 0. The number of benzene rings is 1. The molecule has 0 saturated heterocycles. The Hall–Kier alpha value is -3.67. The minimum Gasteiger partial charge on any atom is -0.482 e. The standard InChI is InChI=1S/C21H18N2O4/c24-20(25)15-27-18-6-1-4-16(14-18)5-2-12-23-13-3-7-19(23)21(26)17-8-10-22-11-9-17/h1-11,13-14H,12,15H2,(H,24,25). The third-order valence-corrected chi connectivity index (χ3v) is 3.84. The molecule has 6 heteroatoms. The summed E-state index contributed by atoms with van der Waals surface area (Å²) in [6.07, 6.45) is 8.87. The number of ketones is 1. The maximum atomic E-state index is 12.6. The van der Waals surface area contributed by atoms with E-state index in [-0.39, 0.29) is 12.4 Å². The summed E-state index contributed by atoms with van der Waals surface area (Å²) in [6, 6.07) is 14.2. The molecule has 0 aliphatic heterocycles. The topological polar surface area (TPSA) is 81.4 Å². The van der Waals surface area contributed by atoms with Gasteiger partial charge < -0.3 is 14.4 Å². The van der Waals surface area contributed by atoms with Crippen LogP contribution in [0.25, 0.3) is 6.08 Å².